The van der Waals surface area contributed by atoms with Crippen LogP contribution in [0, 0.1) is 6.92 Å². The highest BCUT2D eigenvalue weighted by molar-refractivity contribution is 7.17. The van der Waals surface area contributed by atoms with Crippen LogP contribution in [0.5, 0.6) is 0 Å². The second-order valence-electron chi connectivity index (χ2n) is 7.27. The fraction of sp³-hybridized carbons (Fsp3) is 0.556. The van der Waals surface area contributed by atoms with E-state index in [9.17, 15) is 14.7 Å². The molecule has 1 amide bonds. The van der Waals surface area contributed by atoms with Gasteiger partial charge in [0.15, 0.2) is 16.1 Å². The molecule has 1 saturated heterocycles. The minimum atomic E-state index is -0.957. The van der Waals surface area contributed by atoms with Crippen molar-refractivity contribution < 1.29 is 14.7 Å². The van der Waals surface area contributed by atoms with Crippen LogP contribution in [-0.4, -0.2) is 76.1 Å². The Bertz CT molecular complexity index is 912. The summed E-state index contributed by atoms with van der Waals surface area (Å²) >= 11 is 7.24. The summed E-state index contributed by atoms with van der Waals surface area (Å²) in [5.74, 6) is -1.02. The molecule has 1 fully saturated rings. The molecular formula is C18H25ClN6O3S. The van der Waals surface area contributed by atoms with E-state index in [0.29, 0.717) is 41.9 Å². The van der Waals surface area contributed by atoms with Crippen LogP contribution in [0.3, 0.4) is 0 Å². The molecule has 2 atom stereocenters. The van der Waals surface area contributed by atoms with Crippen molar-refractivity contribution in [3.63, 3.8) is 0 Å². The van der Waals surface area contributed by atoms with E-state index in [1.807, 2.05) is 21.0 Å². The number of carboxylic acids is 1. The number of nitrogens with zero attached hydrogens (tertiary/aromatic N) is 4. The maximum absolute atomic E-state index is 12.7. The largest absolute Gasteiger partial charge is 0.477 e. The highest BCUT2D eigenvalue weighted by Crippen LogP contribution is 2.29. The predicted octanol–water partition coefficient (Wildman–Crippen LogP) is 2.03. The zero-order valence-corrected chi connectivity index (χ0v) is 18.4. The number of piperidine rings is 1. The zero-order chi connectivity index (χ0) is 21.3. The lowest BCUT2D eigenvalue weighted by molar-refractivity contribution is 0.0700. The average molecular weight is 441 g/mol. The molecule has 0 unspecified atom stereocenters. The third kappa shape index (κ3) is 4.54. The third-order valence-electron chi connectivity index (χ3n) is 5.11. The number of nitrogens with one attached hydrogen (secondary N) is 2. The first-order valence-corrected chi connectivity index (χ1v) is 10.6. The number of amides is 1. The number of anilines is 1. The monoisotopic (exact) mass is 440 g/mol. The van der Waals surface area contributed by atoms with E-state index in [1.54, 1.807) is 6.92 Å². The molecule has 0 aliphatic carbocycles. The van der Waals surface area contributed by atoms with Crippen molar-refractivity contribution in [2.24, 2.45) is 0 Å². The molecule has 1 aliphatic heterocycles. The van der Waals surface area contributed by atoms with Crippen molar-refractivity contribution in [2.75, 3.05) is 32.1 Å². The lowest BCUT2D eigenvalue weighted by Gasteiger charge is -2.41. The molecule has 0 spiro atoms. The van der Waals surface area contributed by atoms with Gasteiger partial charge in [0.25, 0.3) is 5.91 Å². The first-order chi connectivity index (χ1) is 13.7. The van der Waals surface area contributed by atoms with Gasteiger partial charge in [0.1, 0.15) is 4.88 Å². The Kier molecular flexibility index (Phi) is 6.45. The van der Waals surface area contributed by atoms with Gasteiger partial charge in [-0.15, -0.1) is 0 Å². The number of imidazole rings is 1. The maximum Gasteiger partial charge on any atom is 0.347 e. The number of carboxylic acid groups (broad SMARTS) is 1. The van der Waals surface area contributed by atoms with Gasteiger partial charge in [-0.2, -0.15) is 0 Å². The highest BCUT2D eigenvalue weighted by Gasteiger charge is 2.34. The molecule has 0 aromatic carbocycles. The average Bonchev–Trinajstić information content (AvgIpc) is 3.24. The van der Waals surface area contributed by atoms with Gasteiger partial charge in [0.05, 0.1) is 11.4 Å². The van der Waals surface area contributed by atoms with Gasteiger partial charge in [0.2, 0.25) is 0 Å². The molecule has 3 N–H and O–H groups in total. The number of aryl methyl sites for hydroxylation is 2. The summed E-state index contributed by atoms with van der Waals surface area (Å²) in [6, 6.07) is -0.0519. The van der Waals surface area contributed by atoms with Crippen LogP contribution in [0.1, 0.15) is 45.0 Å². The molecule has 0 radical (unpaired) electrons. The van der Waals surface area contributed by atoms with Gasteiger partial charge in [-0.3, -0.25) is 4.79 Å². The molecule has 158 valence electrons. The van der Waals surface area contributed by atoms with Crippen LogP contribution in [0.15, 0.2) is 0 Å². The van der Waals surface area contributed by atoms with Crippen LogP contribution in [0.25, 0.3) is 0 Å². The number of carbonyl (C=O) groups excluding carboxylic acids is 1. The van der Waals surface area contributed by atoms with E-state index >= 15 is 0 Å². The van der Waals surface area contributed by atoms with Crippen LogP contribution < -0.4 is 10.2 Å². The second-order valence-corrected chi connectivity index (χ2v) is 8.61. The topological polar surface area (TPSA) is 114 Å². The van der Waals surface area contributed by atoms with Crippen LogP contribution >= 0.6 is 22.9 Å². The first kappa shape index (κ1) is 21.5. The third-order valence-corrected chi connectivity index (χ3v) is 6.63. The second kappa shape index (κ2) is 8.68. The summed E-state index contributed by atoms with van der Waals surface area (Å²) in [7, 11) is 3.92. The normalized spacial score (nSPS) is 19.6. The number of hydrogen-bond acceptors (Lipinski definition) is 7. The standard InChI is InChI=1S/C18H25ClN6O3S/c1-5-10-14(19)23-15(21-10)16(26)22-11-6-7-25(8-12(11)24(3)4)18-20-9(2)13(29-18)17(27)28/h11-12H,5-8H2,1-4H3,(H,21,23)(H,22,26)(H,27,28)/t11-,12-/m1/s1. The lowest BCUT2D eigenvalue weighted by atomic mass is 9.98. The first-order valence-electron chi connectivity index (χ1n) is 9.38. The van der Waals surface area contributed by atoms with Crippen molar-refractivity contribution in [1.82, 2.24) is 25.2 Å². The molecule has 3 rings (SSSR count). The highest BCUT2D eigenvalue weighted by atomic mass is 35.5. The van der Waals surface area contributed by atoms with Crippen molar-refractivity contribution in [1.29, 1.82) is 0 Å². The van der Waals surface area contributed by atoms with Crippen molar-refractivity contribution >= 4 is 39.9 Å². The summed E-state index contributed by atoms with van der Waals surface area (Å²) in [6.45, 7) is 4.94. The minimum Gasteiger partial charge on any atom is -0.477 e. The van der Waals surface area contributed by atoms with Crippen molar-refractivity contribution in [2.45, 2.75) is 38.8 Å². The Morgan fingerprint density at radius 1 is 1.41 bits per heavy atom. The number of aromatic amines is 1. The Morgan fingerprint density at radius 2 is 2.14 bits per heavy atom. The van der Waals surface area contributed by atoms with E-state index < -0.39 is 5.97 Å². The van der Waals surface area contributed by atoms with E-state index in [1.165, 1.54) is 11.3 Å². The maximum atomic E-state index is 12.7. The Morgan fingerprint density at radius 3 is 2.69 bits per heavy atom. The SMILES string of the molecule is CCc1[nH]c(C(=O)N[C@@H]2CCN(c3nc(C)c(C(=O)O)s3)C[C@H]2N(C)C)nc1Cl. The summed E-state index contributed by atoms with van der Waals surface area (Å²) < 4.78 is 0. The van der Waals surface area contributed by atoms with Gasteiger partial charge in [0, 0.05) is 25.2 Å². The molecule has 0 bridgehead atoms. The summed E-state index contributed by atoms with van der Waals surface area (Å²) in [5.41, 5.74) is 1.26. The Hall–Kier alpha value is -2.17. The molecule has 11 heteroatoms. The number of halogens is 1. The zero-order valence-electron chi connectivity index (χ0n) is 16.8. The van der Waals surface area contributed by atoms with Crippen LogP contribution in [0.2, 0.25) is 5.15 Å². The summed E-state index contributed by atoms with van der Waals surface area (Å²) in [4.78, 5) is 39.9. The van der Waals surface area contributed by atoms with Crippen LogP contribution in [0.4, 0.5) is 5.13 Å². The van der Waals surface area contributed by atoms with E-state index in [0.717, 1.165) is 5.69 Å². The number of carbonyl (C=O) groups is 2. The number of H-pyrrole nitrogens is 1. The van der Waals surface area contributed by atoms with Gasteiger partial charge >= 0.3 is 5.97 Å². The molecule has 2 aromatic rings. The number of hydrogen-bond donors (Lipinski definition) is 3. The fourth-order valence-electron chi connectivity index (χ4n) is 3.48. The van der Waals surface area contributed by atoms with Crippen LogP contribution in [-0.2, 0) is 6.42 Å². The van der Waals surface area contributed by atoms with Gasteiger partial charge < -0.3 is 25.2 Å². The fourth-order valence-corrected chi connectivity index (χ4v) is 4.69. The van der Waals surface area contributed by atoms with Gasteiger partial charge in [-0.25, -0.2) is 14.8 Å². The molecule has 9 nitrogen and oxygen atoms in total. The lowest BCUT2D eigenvalue weighted by Crippen LogP contribution is -2.59. The molecular weight excluding hydrogens is 416 g/mol. The summed E-state index contributed by atoms with van der Waals surface area (Å²) in [5, 5.41) is 13.4. The quantitative estimate of drug-likeness (QED) is 0.629. The van der Waals surface area contributed by atoms with E-state index in [4.69, 9.17) is 11.6 Å². The number of likely N-dealkylation sites (N-methyl/N-ethyl adjacent to an activating group) is 1. The summed E-state index contributed by atoms with van der Waals surface area (Å²) in [6.07, 6.45) is 1.37. The van der Waals surface area contributed by atoms with E-state index in [2.05, 4.69) is 30.1 Å². The minimum absolute atomic E-state index is 0.0289. The predicted molar refractivity (Wildman–Crippen MR) is 112 cm³/mol. The Balaban J connectivity index is 1.72. The molecule has 3 heterocycles. The number of rotatable bonds is 6. The Labute approximate surface area is 178 Å². The number of aromatic nitrogens is 3. The number of aromatic carboxylic acids is 1. The van der Waals surface area contributed by atoms with Crippen molar-refractivity contribution in [3.05, 3.63) is 27.2 Å². The molecule has 2 aromatic heterocycles. The van der Waals surface area contributed by atoms with Crippen molar-refractivity contribution in [3.8, 4) is 0 Å². The molecule has 1 aliphatic rings. The van der Waals surface area contributed by atoms with Gasteiger partial charge in [-0.1, -0.05) is 29.9 Å². The number of thiazole rings is 1. The smallest absolute Gasteiger partial charge is 0.347 e. The molecule has 29 heavy (non-hydrogen) atoms. The van der Waals surface area contributed by atoms with E-state index in [-0.39, 0.29) is 28.7 Å². The van der Waals surface area contributed by atoms with Gasteiger partial charge in [-0.05, 0) is 33.9 Å². The molecule has 0 saturated carbocycles.